The van der Waals surface area contributed by atoms with Gasteiger partial charge in [0.15, 0.2) is 0 Å². The Hall–Kier alpha value is -4.01. The molecule has 1 aromatic heterocycles. The van der Waals surface area contributed by atoms with Gasteiger partial charge in [-0.15, -0.1) is 0 Å². The van der Waals surface area contributed by atoms with E-state index in [-0.39, 0.29) is 12.3 Å². The molecule has 1 rings (SSSR count). The standard InChI is InChI=1S/C20H32N8O7/c1-3-9(2)16(23)19(33)27-12(5-14(21)29)18(32)26-11(4-10-7-24-8-25-10)17(31)28-13(20(34)35)6-15(22)30/h7-9,11-13,16H,3-6,23H2,1-2H3,(H2,21,29)(H2,22,30)(H,24,25)(H,26,32)(H,27,33)(H,28,31)(H,34,35). The van der Waals surface area contributed by atoms with Gasteiger partial charge in [-0.3, -0.25) is 24.0 Å². The summed E-state index contributed by atoms with van der Waals surface area (Å²) in [6.45, 7) is 3.57. The van der Waals surface area contributed by atoms with Crippen molar-refractivity contribution >= 4 is 35.5 Å². The second-order valence-corrected chi connectivity index (χ2v) is 8.05. The van der Waals surface area contributed by atoms with Crippen LogP contribution in [0.3, 0.4) is 0 Å². The predicted molar refractivity (Wildman–Crippen MR) is 121 cm³/mol. The van der Waals surface area contributed by atoms with Gasteiger partial charge < -0.3 is 43.2 Å². The Bertz CT molecular complexity index is 921. The Kier molecular flexibility index (Phi) is 11.3. The Morgan fingerprint density at radius 2 is 1.46 bits per heavy atom. The first-order chi connectivity index (χ1) is 16.3. The van der Waals surface area contributed by atoms with Crippen LogP contribution in [0.4, 0.5) is 0 Å². The van der Waals surface area contributed by atoms with Crippen LogP contribution in [0.5, 0.6) is 0 Å². The molecular formula is C20H32N8O7. The van der Waals surface area contributed by atoms with Crippen LogP contribution in [0.25, 0.3) is 0 Å². The van der Waals surface area contributed by atoms with E-state index in [2.05, 4.69) is 25.9 Å². The fourth-order valence-corrected chi connectivity index (χ4v) is 2.96. The molecule has 0 saturated heterocycles. The summed E-state index contributed by atoms with van der Waals surface area (Å²) in [5.41, 5.74) is 16.5. The molecule has 0 spiro atoms. The normalized spacial score (nSPS) is 15.1. The number of H-pyrrole nitrogens is 1. The van der Waals surface area contributed by atoms with Crippen LogP contribution in [-0.4, -0.2) is 74.7 Å². The number of hydrogen-bond donors (Lipinski definition) is 8. The topological polar surface area (TPSA) is 265 Å². The number of primary amides is 2. The highest BCUT2D eigenvalue weighted by atomic mass is 16.4. The first kappa shape index (κ1) is 29.0. The maximum atomic E-state index is 12.9. The third-order valence-electron chi connectivity index (χ3n) is 5.23. The molecule has 0 aliphatic heterocycles. The first-order valence-corrected chi connectivity index (χ1v) is 10.8. The summed E-state index contributed by atoms with van der Waals surface area (Å²) in [5, 5.41) is 16.1. The minimum atomic E-state index is -1.64. The summed E-state index contributed by atoms with van der Waals surface area (Å²) in [5.74, 6) is -6.18. The molecule has 0 fully saturated rings. The van der Waals surface area contributed by atoms with Gasteiger partial charge in [0, 0.05) is 18.3 Å². The largest absolute Gasteiger partial charge is 0.480 e. The van der Waals surface area contributed by atoms with Crippen molar-refractivity contribution in [1.29, 1.82) is 0 Å². The number of amides is 5. The van der Waals surface area contributed by atoms with Crippen LogP contribution in [0.2, 0.25) is 0 Å². The molecule has 0 aliphatic rings. The number of aliphatic carboxylic acids is 1. The Morgan fingerprint density at radius 1 is 0.943 bits per heavy atom. The average molecular weight is 497 g/mol. The van der Waals surface area contributed by atoms with Crippen LogP contribution in [0.1, 0.15) is 38.8 Å². The van der Waals surface area contributed by atoms with E-state index in [1.807, 2.05) is 6.92 Å². The van der Waals surface area contributed by atoms with Gasteiger partial charge in [-0.25, -0.2) is 9.78 Å². The van der Waals surface area contributed by atoms with E-state index in [0.29, 0.717) is 12.1 Å². The highest BCUT2D eigenvalue weighted by Gasteiger charge is 2.32. The predicted octanol–water partition coefficient (Wildman–Crippen LogP) is -3.38. The number of imidazole rings is 1. The summed E-state index contributed by atoms with van der Waals surface area (Å²) < 4.78 is 0. The number of hydrogen-bond acceptors (Lipinski definition) is 8. The molecule has 5 unspecified atom stereocenters. The molecule has 15 heteroatoms. The molecule has 0 radical (unpaired) electrons. The lowest BCUT2D eigenvalue weighted by atomic mass is 9.99. The zero-order valence-corrected chi connectivity index (χ0v) is 19.4. The van der Waals surface area contributed by atoms with Gasteiger partial charge in [0.25, 0.3) is 0 Å². The number of aromatic amines is 1. The second kappa shape index (κ2) is 13.6. The van der Waals surface area contributed by atoms with Crippen LogP contribution in [0, 0.1) is 5.92 Å². The minimum absolute atomic E-state index is 0.163. The van der Waals surface area contributed by atoms with E-state index in [4.69, 9.17) is 17.2 Å². The molecule has 5 amide bonds. The number of carboxylic acid groups (broad SMARTS) is 1. The van der Waals surface area contributed by atoms with E-state index < -0.39 is 72.5 Å². The van der Waals surface area contributed by atoms with Crippen LogP contribution < -0.4 is 33.2 Å². The van der Waals surface area contributed by atoms with Crippen LogP contribution in [0.15, 0.2) is 12.5 Å². The van der Waals surface area contributed by atoms with Crippen LogP contribution >= 0.6 is 0 Å². The highest BCUT2D eigenvalue weighted by molar-refractivity contribution is 5.96. The van der Waals surface area contributed by atoms with Crippen molar-refractivity contribution in [2.24, 2.45) is 23.1 Å². The zero-order chi connectivity index (χ0) is 26.7. The monoisotopic (exact) mass is 496 g/mol. The number of nitrogens with one attached hydrogen (secondary N) is 4. The van der Waals surface area contributed by atoms with Crippen molar-refractivity contribution in [2.75, 3.05) is 0 Å². The molecule has 5 atom stereocenters. The number of aromatic nitrogens is 2. The van der Waals surface area contributed by atoms with Crippen LogP contribution in [-0.2, 0) is 35.2 Å². The molecule has 0 saturated carbocycles. The minimum Gasteiger partial charge on any atom is -0.480 e. The first-order valence-electron chi connectivity index (χ1n) is 10.8. The van der Waals surface area contributed by atoms with Gasteiger partial charge in [0.05, 0.1) is 25.2 Å². The van der Waals surface area contributed by atoms with E-state index in [9.17, 15) is 33.9 Å². The quantitative estimate of drug-likeness (QED) is 0.120. The second-order valence-electron chi connectivity index (χ2n) is 8.05. The lowest BCUT2D eigenvalue weighted by Gasteiger charge is -2.25. The fourth-order valence-electron chi connectivity index (χ4n) is 2.96. The Morgan fingerprint density at radius 3 is 1.94 bits per heavy atom. The van der Waals surface area contributed by atoms with Crippen molar-refractivity contribution in [3.63, 3.8) is 0 Å². The maximum Gasteiger partial charge on any atom is 0.326 e. The molecule has 1 heterocycles. The summed E-state index contributed by atoms with van der Waals surface area (Å²) in [4.78, 5) is 78.8. The van der Waals surface area contributed by atoms with Gasteiger partial charge in [-0.05, 0) is 5.92 Å². The van der Waals surface area contributed by atoms with Gasteiger partial charge >= 0.3 is 5.97 Å². The van der Waals surface area contributed by atoms with Gasteiger partial charge in [0.1, 0.15) is 18.1 Å². The fraction of sp³-hybridized carbons (Fsp3) is 0.550. The van der Waals surface area contributed by atoms with Crippen molar-refractivity contribution in [1.82, 2.24) is 25.9 Å². The molecule has 0 aliphatic carbocycles. The van der Waals surface area contributed by atoms with Crippen molar-refractivity contribution < 1.29 is 33.9 Å². The highest BCUT2D eigenvalue weighted by Crippen LogP contribution is 2.07. The van der Waals surface area contributed by atoms with E-state index in [1.165, 1.54) is 12.5 Å². The Balaban J connectivity index is 3.10. The average Bonchev–Trinajstić information content (AvgIpc) is 3.28. The van der Waals surface area contributed by atoms with Gasteiger partial charge in [0.2, 0.25) is 29.5 Å². The van der Waals surface area contributed by atoms with E-state index in [1.54, 1.807) is 6.92 Å². The van der Waals surface area contributed by atoms with Crippen molar-refractivity contribution in [3.05, 3.63) is 18.2 Å². The number of carbonyl (C=O) groups excluding carboxylic acids is 5. The zero-order valence-electron chi connectivity index (χ0n) is 19.4. The molecule has 194 valence electrons. The lowest BCUT2D eigenvalue weighted by molar-refractivity contribution is -0.143. The summed E-state index contributed by atoms with van der Waals surface area (Å²) >= 11 is 0. The lowest BCUT2D eigenvalue weighted by Crippen LogP contribution is -2.58. The van der Waals surface area contributed by atoms with Crippen molar-refractivity contribution in [2.45, 2.75) is 63.7 Å². The summed E-state index contributed by atoms with van der Waals surface area (Å²) in [7, 11) is 0. The number of carbonyl (C=O) groups is 6. The third kappa shape index (κ3) is 9.79. The molecule has 0 bridgehead atoms. The molecule has 11 N–H and O–H groups in total. The van der Waals surface area contributed by atoms with Gasteiger partial charge in [-0.1, -0.05) is 20.3 Å². The maximum absolute atomic E-state index is 12.9. The molecule has 0 aromatic carbocycles. The SMILES string of the molecule is CCC(C)C(N)C(=O)NC(CC(N)=O)C(=O)NC(Cc1cnc[nH]1)C(=O)NC(CC(N)=O)C(=O)O. The van der Waals surface area contributed by atoms with Crippen molar-refractivity contribution in [3.8, 4) is 0 Å². The third-order valence-corrected chi connectivity index (χ3v) is 5.23. The van der Waals surface area contributed by atoms with E-state index >= 15 is 0 Å². The number of nitrogens with two attached hydrogens (primary N) is 3. The Labute approximate surface area is 200 Å². The number of carboxylic acids is 1. The summed E-state index contributed by atoms with van der Waals surface area (Å²) in [6, 6.07) is -5.44. The number of rotatable bonds is 15. The molecule has 1 aromatic rings. The molecule has 15 nitrogen and oxygen atoms in total. The smallest absolute Gasteiger partial charge is 0.326 e. The summed E-state index contributed by atoms with van der Waals surface area (Å²) in [6.07, 6.45) is 1.86. The molecule has 35 heavy (non-hydrogen) atoms. The van der Waals surface area contributed by atoms with E-state index in [0.717, 1.165) is 0 Å². The van der Waals surface area contributed by atoms with Gasteiger partial charge in [-0.2, -0.15) is 0 Å². The molecular weight excluding hydrogens is 464 g/mol. The number of nitrogens with zero attached hydrogens (tertiary/aromatic N) is 1.